The number of alkyl halides is 2. The van der Waals surface area contributed by atoms with Crippen molar-refractivity contribution >= 4 is 16.8 Å². The number of fused-ring (bicyclic) bond motifs is 1. The van der Waals surface area contributed by atoms with Crippen LogP contribution in [0, 0.1) is 17.5 Å². The van der Waals surface area contributed by atoms with Gasteiger partial charge in [-0.25, -0.2) is 13.2 Å². The van der Waals surface area contributed by atoms with E-state index in [1.165, 1.54) is 6.07 Å². The van der Waals surface area contributed by atoms with E-state index in [4.69, 9.17) is 4.74 Å². The van der Waals surface area contributed by atoms with Crippen LogP contribution in [0.25, 0.3) is 16.8 Å². The minimum Gasteiger partial charge on any atom is -0.494 e. The minimum absolute atomic E-state index is 0.0600. The summed E-state index contributed by atoms with van der Waals surface area (Å²) in [6.45, 7) is 1.63. The van der Waals surface area contributed by atoms with E-state index in [1.54, 1.807) is 6.92 Å². The second kappa shape index (κ2) is 8.25. The van der Waals surface area contributed by atoms with Crippen LogP contribution >= 0.6 is 0 Å². The maximum Gasteiger partial charge on any atom is 0.432 e. The van der Waals surface area contributed by atoms with Crippen LogP contribution in [0.4, 0.5) is 30.7 Å². The third-order valence-electron chi connectivity index (χ3n) is 4.08. The molecule has 0 aromatic heterocycles. The van der Waals surface area contributed by atoms with Crippen molar-refractivity contribution in [2.24, 2.45) is 0 Å². The summed E-state index contributed by atoms with van der Waals surface area (Å²) < 4.78 is 106. The number of rotatable bonds is 6. The van der Waals surface area contributed by atoms with Crippen LogP contribution in [0.2, 0.25) is 0 Å². The highest BCUT2D eigenvalue weighted by Gasteiger charge is 2.41. The van der Waals surface area contributed by atoms with E-state index in [0.717, 1.165) is 24.3 Å². The van der Waals surface area contributed by atoms with Crippen LogP contribution in [0.5, 0.6) is 11.5 Å². The van der Waals surface area contributed by atoms with Crippen LogP contribution in [-0.4, -0.2) is 6.61 Å². The van der Waals surface area contributed by atoms with Crippen molar-refractivity contribution in [3.8, 4) is 11.5 Å². The Morgan fingerprint density at radius 2 is 1.60 bits per heavy atom. The number of ether oxygens (including phenoxy) is 2. The van der Waals surface area contributed by atoms with Gasteiger partial charge in [0.25, 0.3) is 6.08 Å². The van der Waals surface area contributed by atoms with Crippen LogP contribution in [-0.2, 0) is 6.11 Å². The molecule has 0 aliphatic heterocycles. The topological polar surface area (TPSA) is 18.5 Å². The molecule has 9 heteroatoms. The molecule has 0 N–H and O–H groups in total. The van der Waals surface area contributed by atoms with E-state index >= 15 is 0 Å². The Labute approximate surface area is 166 Å². The molecule has 3 aromatic rings. The quantitative estimate of drug-likeness (QED) is 0.391. The molecule has 158 valence electrons. The third-order valence-corrected chi connectivity index (χ3v) is 4.08. The second-order valence-corrected chi connectivity index (χ2v) is 6.10. The van der Waals surface area contributed by atoms with Gasteiger partial charge in [-0.2, -0.15) is 17.6 Å². The Morgan fingerprint density at radius 3 is 2.20 bits per heavy atom. The molecule has 0 aliphatic carbocycles. The van der Waals surface area contributed by atoms with Crippen molar-refractivity contribution in [2.75, 3.05) is 6.61 Å². The van der Waals surface area contributed by atoms with Crippen LogP contribution < -0.4 is 9.47 Å². The summed E-state index contributed by atoms with van der Waals surface area (Å²) in [5, 5.41) is -0.0658. The van der Waals surface area contributed by atoms with Gasteiger partial charge >= 0.3 is 6.11 Å². The van der Waals surface area contributed by atoms with Crippen LogP contribution in [0.15, 0.2) is 48.5 Å². The van der Waals surface area contributed by atoms with E-state index in [2.05, 4.69) is 4.74 Å². The zero-order valence-electron chi connectivity index (χ0n) is 15.3. The Balaban J connectivity index is 1.96. The number of halogens is 7. The molecule has 0 fully saturated rings. The average Bonchev–Trinajstić information content (AvgIpc) is 2.63. The smallest absolute Gasteiger partial charge is 0.432 e. The average molecular weight is 430 g/mol. The first-order valence-corrected chi connectivity index (χ1v) is 8.56. The highest BCUT2D eigenvalue weighted by Crippen LogP contribution is 2.37. The first-order chi connectivity index (χ1) is 14.1. The van der Waals surface area contributed by atoms with Crippen molar-refractivity contribution in [1.29, 1.82) is 0 Å². The third kappa shape index (κ3) is 4.34. The van der Waals surface area contributed by atoms with Gasteiger partial charge in [-0.15, -0.1) is 0 Å². The second-order valence-electron chi connectivity index (χ2n) is 6.10. The maximum atomic E-state index is 14.5. The molecule has 0 atom stereocenters. The molecule has 0 bridgehead atoms. The molecule has 0 saturated heterocycles. The van der Waals surface area contributed by atoms with Crippen molar-refractivity contribution < 1.29 is 40.2 Å². The van der Waals surface area contributed by atoms with Crippen molar-refractivity contribution in [2.45, 2.75) is 13.0 Å². The van der Waals surface area contributed by atoms with Gasteiger partial charge in [-0.1, -0.05) is 12.1 Å². The predicted molar refractivity (Wildman–Crippen MR) is 96.1 cm³/mol. The Hall–Kier alpha value is -3.23. The molecular formula is C21H13F7O2. The molecule has 0 unspecified atom stereocenters. The van der Waals surface area contributed by atoms with Gasteiger partial charge < -0.3 is 9.47 Å². The minimum atomic E-state index is -4.40. The van der Waals surface area contributed by atoms with E-state index in [1.807, 2.05) is 0 Å². The fourth-order valence-electron chi connectivity index (χ4n) is 2.86. The van der Waals surface area contributed by atoms with Crippen LogP contribution in [0.3, 0.4) is 0 Å². The predicted octanol–water partition coefficient (Wildman–Crippen LogP) is 7.02. The van der Waals surface area contributed by atoms with Crippen molar-refractivity contribution in [3.63, 3.8) is 0 Å². The molecule has 0 radical (unpaired) electrons. The number of hydrogen-bond acceptors (Lipinski definition) is 2. The SMILES string of the molecule is CCOc1cc(F)c(C(F)(F)Oc2ccc3c(F)c(C=C(F)F)ccc3c2)c(F)c1. The standard InChI is InChI=1S/C21H13F7O2/c1-2-29-14-9-16(22)19(17(23)10-14)21(27,28)30-13-5-6-15-11(7-13)3-4-12(20(15)26)8-18(24)25/h3-10H,2H2,1H3. The van der Waals surface area contributed by atoms with Crippen molar-refractivity contribution in [3.05, 3.63) is 77.1 Å². The maximum absolute atomic E-state index is 14.5. The summed E-state index contributed by atoms with van der Waals surface area (Å²) in [4.78, 5) is 0. The van der Waals surface area contributed by atoms with E-state index in [-0.39, 0.29) is 28.7 Å². The number of hydrogen-bond donors (Lipinski definition) is 0. The molecule has 0 aliphatic rings. The van der Waals surface area contributed by atoms with Gasteiger partial charge in [0.15, 0.2) is 0 Å². The molecule has 30 heavy (non-hydrogen) atoms. The van der Waals surface area contributed by atoms with Gasteiger partial charge in [0.05, 0.1) is 6.61 Å². The summed E-state index contributed by atoms with van der Waals surface area (Å²) in [7, 11) is 0. The lowest BCUT2D eigenvalue weighted by Gasteiger charge is -2.20. The van der Waals surface area contributed by atoms with Crippen molar-refractivity contribution in [1.82, 2.24) is 0 Å². The summed E-state index contributed by atoms with van der Waals surface area (Å²) >= 11 is 0. The summed E-state index contributed by atoms with van der Waals surface area (Å²) in [5.74, 6) is -4.90. The Kier molecular flexibility index (Phi) is 5.91. The summed E-state index contributed by atoms with van der Waals surface area (Å²) in [6.07, 6.45) is -6.18. The van der Waals surface area contributed by atoms with Gasteiger partial charge in [-0.05, 0) is 30.5 Å². The zero-order valence-corrected chi connectivity index (χ0v) is 15.3. The van der Waals surface area contributed by atoms with E-state index < -0.39 is 41.0 Å². The first-order valence-electron chi connectivity index (χ1n) is 8.56. The Bertz CT molecular complexity index is 1100. The highest BCUT2D eigenvalue weighted by molar-refractivity contribution is 5.86. The van der Waals surface area contributed by atoms with Gasteiger partial charge in [0, 0.05) is 29.2 Å². The lowest BCUT2D eigenvalue weighted by Crippen LogP contribution is -2.25. The lowest BCUT2D eigenvalue weighted by molar-refractivity contribution is -0.189. The lowest BCUT2D eigenvalue weighted by atomic mass is 10.1. The number of benzene rings is 3. The molecule has 3 rings (SSSR count). The fourth-order valence-corrected chi connectivity index (χ4v) is 2.86. The molecule has 0 amide bonds. The van der Waals surface area contributed by atoms with Gasteiger partial charge in [-0.3, -0.25) is 0 Å². The van der Waals surface area contributed by atoms with Gasteiger partial charge in [0.1, 0.15) is 34.5 Å². The van der Waals surface area contributed by atoms with E-state index in [9.17, 15) is 30.7 Å². The molecular weight excluding hydrogens is 417 g/mol. The molecule has 2 nitrogen and oxygen atoms in total. The molecule has 0 spiro atoms. The monoisotopic (exact) mass is 430 g/mol. The van der Waals surface area contributed by atoms with Crippen LogP contribution in [0.1, 0.15) is 18.1 Å². The summed E-state index contributed by atoms with van der Waals surface area (Å²) in [6, 6.07) is 6.43. The molecule has 0 heterocycles. The van der Waals surface area contributed by atoms with E-state index in [0.29, 0.717) is 18.2 Å². The molecule has 0 saturated carbocycles. The first kappa shape index (κ1) is 21.5. The largest absolute Gasteiger partial charge is 0.494 e. The molecule has 3 aromatic carbocycles. The zero-order chi connectivity index (χ0) is 22.1. The Morgan fingerprint density at radius 1 is 0.933 bits per heavy atom. The normalized spacial score (nSPS) is 11.5. The highest BCUT2D eigenvalue weighted by atomic mass is 19.3. The summed E-state index contributed by atoms with van der Waals surface area (Å²) in [5.41, 5.74) is -2.00. The van der Waals surface area contributed by atoms with Gasteiger partial charge in [0.2, 0.25) is 0 Å². The fraction of sp³-hybridized carbons (Fsp3) is 0.143.